The van der Waals surface area contributed by atoms with Gasteiger partial charge in [-0.2, -0.15) is 0 Å². The zero-order valence-electron chi connectivity index (χ0n) is 11.6. The first-order valence-electron chi connectivity index (χ1n) is 6.14. The highest BCUT2D eigenvalue weighted by Gasteiger charge is 2.25. The van der Waals surface area contributed by atoms with E-state index in [0.29, 0.717) is 0 Å². The first kappa shape index (κ1) is 15.5. The van der Waals surface area contributed by atoms with Crippen LogP contribution < -0.4 is 0 Å². The molecule has 0 fully saturated rings. The third-order valence-corrected chi connectivity index (χ3v) is 6.30. The van der Waals surface area contributed by atoms with E-state index >= 15 is 0 Å². The van der Waals surface area contributed by atoms with Crippen LogP contribution in [0, 0.1) is 11.8 Å². The van der Waals surface area contributed by atoms with Crippen molar-refractivity contribution in [1.82, 2.24) is 4.90 Å². The molecule has 3 heteroatoms. The maximum atomic E-state index is 6.20. The molecule has 0 spiro atoms. The molecule has 0 aliphatic carbocycles. The number of nitrogens with zero attached hydrogens (tertiary/aromatic N) is 1. The molecule has 0 bridgehead atoms. The van der Waals surface area contributed by atoms with Crippen LogP contribution in [0.5, 0.6) is 0 Å². The van der Waals surface area contributed by atoms with Crippen molar-refractivity contribution in [3.05, 3.63) is 0 Å². The fraction of sp³-hybridized carbons (Fsp3) is 1.00. The van der Waals surface area contributed by atoms with Gasteiger partial charge >= 0.3 is 14.5 Å². The van der Waals surface area contributed by atoms with Crippen molar-refractivity contribution in [2.24, 2.45) is 11.8 Å². The molecule has 0 aromatic rings. The van der Waals surface area contributed by atoms with E-state index in [0.717, 1.165) is 11.8 Å². The molecule has 0 amide bonds. The highest BCUT2D eigenvalue weighted by Crippen LogP contribution is 2.17. The lowest BCUT2D eigenvalue weighted by atomic mass is 10.3. The van der Waals surface area contributed by atoms with Gasteiger partial charge in [-0.3, -0.25) is 4.90 Å². The Kier molecular flexibility index (Phi) is 7.91. The predicted molar refractivity (Wildman–Crippen MR) is 69.3 cm³/mol. The van der Waals surface area contributed by atoms with Crippen LogP contribution in [0.1, 0.15) is 34.6 Å². The Morgan fingerprint density at radius 1 is 0.933 bits per heavy atom. The summed E-state index contributed by atoms with van der Waals surface area (Å²) in [6, 6.07) is 0. The molecule has 2 nitrogen and oxygen atoms in total. The Bertz CT molecular complexity index is 150. The summed E-state index contributed by atoms with van der Waals surface area (Å²) in [5, 5.41) is 2.60. The van der Waals surface area contributed by atoms with Crippen LogP contribution in [0.25, 0.3) is 0 Å². The van der Waals surface area contributed by atoms with Gasteiger partial charge in [-0.25, -0.2) is 0 Å². The third-order valence-electron chi connectivity index (χ3n) is 2.59. The fourth-order valence-electron chi connectivity index (χ4n) is 1.66. The first-order valence-corrected chi connectivity index (χ1v) is 8.25. The topological polar surface area (TPSA) is 12.5 Å². The highest BCUT2D eigenvalue weighted by molar-refractivity contribution is 6.52. The molecule has 0 radical (unpaired) electrons. The molecule has 1 atom stereocenters. The number of hydrogen-bond acceptors (Lipinski definition) is 2. The van der Waals surface area contributed by atoms with Crippen LogP contribution in [0.2, 0.25) is 10.6 Å². The Balaban J connectivity index is 4.11. The van der Waals surface area contributed by atoms with E-state index in [1.54, 1.807) is 0 Å². The highest BCUT2D eigenvalue weighted by atomic mass is 27.2. The molecular weight excluding hydrogens is 201 g/mol. The Morgan fingerprint density at radius 2 is 1.33 bits per heavy atom. The normalized spacial score (nSPS) is 14.0. The molecule has 15 heavy (non-hydrogen) atoms. The fourth-order valence-corrected chi connectivity index (χ4v) is 4.98. The molecule has 0 aliphatic heterocycles. The minimum Gasteiger partial charge on any atom is -0.487 e. The lowest BCUT2D eigenvalue weighted by Crippen LogP contribution is -2.35. The predicted octanol–water partition coefficient (Wildman–Crippen LogP) is 3.21. The van der Waals surface area contributed by atoms with Crippen molar-refractivity contribution >= 4 is 14.5 Å². The van der Waals surface area contributed by atoms with E-state index in [4.69, 9.17) is 3.79 Å². The van der Waals surface area contributed by atoms with Crippen LogP contribution in [-0.2, 0) is 3.79 Å². The SMILES string of the molecule is CC(C)[CH2][Al]([CH2]C(C)C)[O]C(C)N(C)C. The average molecular weight is 229 g/mol. The van der Waals surface area contributed by atoms with Crippen molar-refractivity contribution in [3.63, 3.8) is 0 Å². The van der Waals surface area contributed by atoms with E-state index in [-0.39, 0.29) is 6.23 Å². The van der Waals surface area contributed by atoms with Gasteiger partial charge in [0.05, 0.1) is 6.23 Å². The van der Waals surface area contributed by atoms with Crippen LogP contribution >= 0.6 is 0 Å². The van der Waals surface area contributed by atoms with E-state index in [1.807, 2.05) is 0 Å². The lowest BCUT2D eigenvalue weighted by molar-refractivity contribution is 0.0770. The lowest BCUT2D eigenvalue weighted by Gasteiger charge is -2.26. The summed E-state index contributed by atoms with van der Waals surface area (Å²) in [5.41, 5.74) is 0. The van der Waals surface area contributed by atoms with Gasteiger partial charge in [0.15, 0.2) is 0 Å². The van der Waals surface area contributed by atoms with Gasteiger partial charge in [0.2, 0.25) is 0 Å². The Hall–Kier alpha value is 0.452. The van der Waals surface area contributed by atoms with Crippen LogP contribution in [0.4, 0.5) is 0 Å². The van der Waals surface area contributed by atoms with Crippen molar-refractivity contribution < 1.29 is 3.79 Å². The van der Waals surface area contributed by atoms with Crippen molar-refractivity contribution in [1.29, 1.82) is 0 Å². The second kappa shape index (κ2) is 7.68. The molecule has 0 saturated heterocycles. The summed E-state index contributed by atoms with van der Waals surface area (Å²) < 4.78 is 6.20. The van der Waals surface area contributed by atoms with E-state index in [9.17, 15) is 0 Å². The number of hydrogen-bond donors (Lipinski definition) is 0. The van der Waals surface area contributed by atoms with Gasteiger partial charge in [0.1, 0.15) is 0 Å². The van der Waals surface area contributed by atoms with E-state index < -0.39 is 14.5 Å². The average Bonchev–Trinajstić information content (AvgIpc) is 2.00. The van der Waals surface area contributed by atoms with E-state index in [2.05, 4.69) is 53.6 Å². The second-order valence-electron chi connectivity index (χ2n) is 5.58. The standard InChI is InChI=1S/C4H10NO.2C4H9.Al/c1-4(6)5(2)3;2*1-4(2)3;/h4H,1-3H3;2*4H,1H2,2-3H3;/q-1;;;+1. The van der Waals surface area contributed by atoms with Crippen molar-refractivity contribution in [2.75, 3.05) is 14.1 Å². The van der Waals surface area contributed by atoms with Gasteiger partial charge in [-0.15, -0.1) is 0 Å². The van der Waals surface area contributed by atoms with Gasteiger partial charge in [-0.1, -0.05) is 50.1 Å². The van der Waals surface area contributed by atoms with Gasteiger partial charge in [0.25, 0.3) is 0 Å². The smallest absolute Gasteiger partial charge is 0.462 e. The summed E-state index contributed by atoms with van der Waals surface area (Å²) >= 11 is -1.01. The molecule has 0 aromatic carbocycles. The second-order valence-corrected chi connectivity index (χ2v) is 8.04. The molecule has 90 valence electrons. The minimum absolute atomic E-state index is 0.277. The zero-order valence-corrected chi connectivity index (χ0v) is 12.7. The maximum absolute atomic E-state index is 6.20. The summed E-state index contributed by atoms with van der Waals surface area (Å²) in [6.07, 6.45) is 0.277. The number of rotatable bonds is 7. The molecule has 0 N–H and O–H groups in total. The maximum Gasteiger partial charge on any atom is 0.462 e. The van der Waals surface area contributed by atoms with Gasteiger partial charge < -0.3 is 3.79 Å². The summed E-state index contributed by atoms with van der Waals surface area (Å²) in [7, 11) is 4.17. The van der Waals surface area contributed by atoms with Crippen molar-refractivity contribution in [2.45, 2.75) is 51.4 Å². The minimum atomic E-state index is -1.01. The molecule has 1 unspecified atom stereocenters. The molecule has 0 saturated carbocycles. The quantitative estimate of drug-likeness (QED) is 0.491. The largest absolute Gasteiger partial charge is 0.487 e. The molecule has 0 aliphatic rings. The summed E-state index contributed by atoms with van der Waals surface area (Å²) in [5.74, 6) is 1.55. The molecule has 0 aromatic heterocycles. The van der Waals surface area contributed by atoms with Crippen LogP contribution in [0.15, 0.2) is 0 Å². The monoisotopic (exact) mass is 229 g/mol. The molecule has 0 rings (SSSR count). The zero-order chi connectivity index (χ0) is 12.0. The van der Waals surface area contributed by atoms with Gasteiger partial charge in [-0.05, 0) is 21.0 Å². The third kappa shape index (κ3) is 8.28. The first-order chi connectivity index (χ1) is 6.82. The van der Waals surface area contributed by atoms with Crippen LogP contribution in [-0.4, -0.2) is 39.7 Å². The van der Waals surface area contributed by atoms with E-state index in [1.165, 1.54) is 10.6 Å². The molecule has 0 heterocycles. The van der Waals surface area contributed by atoms with Crippen molar-refractivity contribution in [3.8, 4) is 0 Å². The Morgan fingerprint density at radius 3 is 1.60 bits per heavy atom. The van der Waals surface area contributed by atoms with Crippen LogP contribution in [0.3, 0.4) is 0 Å². The van der Waals surface area contributed by atoms with Gasteiger partial charge in [0, 0.05) is 0 Å². The molecular formula is C12H28AlNO. The summed E-state index contributed by atoms with van der Waals surface area (Å²) in [4.78, 5) is 2.15. The Labute approximate surface area is 101 Å². The summed E-state index contributed by atoms with van der Waals surface area (Å²) in [6.45, 7) is 11.3.